The van der Waals surface area contributed by atoms with Gasteiger partial charge in [0, 0.05) is 6.42 Å². The van der Waals surface area contributed by atoms with Gasteiger partial charge in [-0.3, -0.25) is 4.98 Å². The molecule has 0 amide bonds. The van der Waals surface area contributed by atoms with Crippen LogP contribution in [0.4, 0.5) is 0 Å². The fourth-order valence-corrected chi connectivity index (χ4v) is 0.856. The molecule has 0 saturated carbocycles. The molecule has 11 heavy (non-hydrogen) atoms. The van der Waals surface area contributed by atoms with Crippen molar-refractivity contribution in [2.24, 2.45) is 0 Å². The van der Waals surface area contributed by atoms with Crippen LogP contribution in [0.1, 0.15) is 12.2 Å². The number of rotatable bonds is 4. The molecular weight excluding hydrogens is 144 g/mol. The van der Waals surface area contributed by atoms with E-state index in [1.807, 2.05) is 7.05 Å². The van der Waals surface area contributed by atoms with Crippen molar-refractivity contribution in [1.82, 2.24) is 20.5 Å². The largest absolute Gasteiger partial charge is 0.340 e. The van der Waals surface area contributed by atoms with E-state index in [9.17, 15) is 4.79 Å². The van der Waals surface area contributed by atoms with E-state index in [-0.39, 0.29) is 5.69 Å². The third-order valence-electron chi connectivity index (χ3n) is 1.39. The minimum absolute atomic E-state index is 0.232. The van der Waals surface area contributed by atoms with Crippen LogP contribution in [-0.2, 0) is 6.42 Å². The fraction of sp³-hybridized carbons (Fsp3) is 0.667. The van der Waals surface area contributed by atoms with Crippen LogP contribution in [0, 0.1) is 0 Å². The third-order valence-corrected chi connectivity index (χ3v) is 1.39. The minimum atomic E-state index is -0.232. The molecule has 0 atom stereocenters. The lowest BCUT2D eigenvalue weighted by Gasteiger charge is -1.94. The van der Waals surface area contributed by atoms with Crippen molar-refractivity contribution in [3.63, 3.8) is 0 Å². The van der Waals surface area contributed by atoms with Gasteiger partial charge in [-0.2, -0.15) is 5.10 Å². The Hall–Kier alpha value is -1.10. The molecule has 0 saturated heterocycles. The number of hydrogen-bond donors (Lipinski definition) is 3. The van der Waals surface area contributed by atoms with Gasteiger partial charge in [-0.05, 0) is 20.0 Å². The van der Waals surface area contributed by atoms with Gasteiger partial charge in [0.2, 0.25) is 0 Å². The molecule has 3 N–H and O–H groups in total. The Bertz CT molecular complexity index is 251. The summed E-state index contributed by atoms with van der Waals surface area (Å²) >= 11 is 0. The lowest BCUT2D eigenvalue weighted by atomic mass is 10.3. The Morgan fingerprint density at radius 1 is 1.64 bits per heavy atom. The summed E-state index contributed by atoms with van der Waals surface area (Å²) in [6, 6.07) is 0. The predicted octanol–water partition coefficient (Wildman–Crippen LogP) is -0.750. The average Bonchev–Trinajstić information content (AvgIpc) is 2.37. The van der Waals surface area contributed by atoms with E-state index in [0.717, 1.165) is 25.2 Å². The Morgan fingerprint density at radius 3 is 3.00 bits per heavy atom. The predicted molar refractivity (Wildman–Crippen MR) is 41.5 cm³/mol. The zero-order valence-corrected chi connectivity index (χ0v) is 6.48. The standard InChI is InChI=1S/C6H12N4O/c1-7-4-2-3-5-8-6(11)10-9-5/h7H,2-4H2,1H3,(H2,8,9,10,11). The van der Waals surface area contributed by atoms with E-state index in [2.05, 4.69) is 20.5 Å². The fourth-order valence-electron chi connectivity index (χ4n) is 0.856. The zero-order valence-electron chi connectivity index (χ0n) is 6.48. The van der Waals surface area contributed by atoms with Crippen molar-refractivity contribution in [2.45, 2.75) is 12.8 Å². The van der Waals surface area contributed by atoms with Crippen molar-refractivity contribution in [1.29, 1.82) is 0 Å². The van der Waals surface area contributed by atoms with Crippen LogP contribution in [0.5, 0.6) is 0 Å². The summed E-state index contributed by atoms with van der Waals surface area (Å²) in [4.78, 5) is 13.1. The average molecular weight is 156 g/mol. The zero-order chi connectivity index (χ0) is 8.10. The molecule has 62 valence electrons. The van der Waals surface area contributed by atoms with Crippen molar-refractivity contribution in [2.75, 3.05) is 13.6 Å². The smallest absolute Gasteiger partial charge is 0.320 e. The second kappa shape index (κ2) is 3.92. The van der Waals surface area contributed by atoms with Gasteiger partial charge >= 0.3 is 5.69 Å². The monoisotopic (exact) mass is 156 g/mol. The van der Waals surface area contributed by atoms with Crippen molar-refractivity contribution in [3.05, 3.63) is 16.3 Å². The molecule has 0 fully saturated rings. The first-order valence-corrected chi connectivity index (χ1v) is 3.61. The van der Waals surface area contributed by atoms with Crippen molar-refractivity contribution in [3.8, 4) is 0 Å². The summed E-state index contributed by atoms with van der Waals surface area (Å²) in [7, 11) is 1.90. The molecule has 5 heteroatoms. The molecule has 0 unspecified atom stereocenters. The molecule has 1 heterocycles. The molecule has 0 aliphatic carbocycles. The molecule has 1 aromatic heterocycles. The van der Waals surface area contributed by atoms with Crippen LogP contribution in [0.3, 0.4) is 0 Å². The van der Waals surface area contributed by atoms with E-state index < -0.39 is 0 Å². The number of H-pyrrole nitrogens is 2. The van der Waals surface area contributed by atoms with Gasteiger partial charge in [0.25, 0.3) is 0 Å². The minimum Gasteiger partial charge on any atom is -0.320 e. The quantitative estimate of drug-likeness (QED) is 0.502. The molecule has 0 aliphatic rings. The third kappa shape index (κ3) is 2.55. The van der Waals surface area contributed by atoms with E-state index in [0.29, 0.717) is 0 Å². The van der Waals surface area contributed by atoms with Crippen LogP contribution in [0.25, 0.3) is 0 Å². The van der Waals surface area contributed by atoms with E-state index in [1.54, 1.807) is 0 Å². The first kappa shape index (κ1) is 8.00. The molecule has 1 aromatic rings. The molecule has 0 spiro atoms. The molecule has 0 aromatic carbocycles. The van der Waals surface area contributed by atoms with Crippen LogP contribution >= 0.6 is 0 Å². The normalized spacial score (nSPS) is 10.3. The SMILES string of the molecule is CNCCCc1n[nH]c(=O)[nH]1. The summed E-state index contributed by atoms with van der Waals surface area (Å²) in [6.07, 6.45) is 1.79. The van der Waals surface area contributed by atoms with Crippen LogP contribution in [0.2, 0.25) is 0 Å². The second-order valence-corrected chi connectivity index (χ2v) is 2.33. The van der Waals surface area contributed by atoms with E-state index >= 15 is 0 Å². The summed E-state index contributed by atoms with van der Waals surface area (Å²) < 4.78 is 0. The van der Waals surface area contributed by atoms with Gasteiger partial charge in [-0.25, -0.2) is 9.89 Å². The Labute approximate surface area is 64.2 Å². The lowest BCUT2D eigenvalue weighted by Crippen LogP contribution is -2.09. The highest BCUT2D eigenvalue weighted by molar-refractivity contribution is 4.80. The van der Waals surface area contributed by atoms with Gasteiger partial charge in [0.1, 0.15) is 5.82 Å². The maximum Gasteiger partial charge on any atom is 0.340 e. The molecular formula is C6H12N4O. The highest BCUT2D eigenvalue weighted by Gasteiger charge is 1.95. The lowest BCUT2D eigenvalue weighted by molar-refractivity contribution is 0.704. The topological polar surface area (TPSA) is 73.6 Å². The van der Waals surface area contributed by atoms with Gasteiger partial charge in [-0.15, -0.1) is 0 Å². The molecule has 5 nitrogen and oxygen atoms in total. The number of nitrogens with one attached hydrogen (secondary N) is 3. The molecule has 0 radical (unpaired) electrons. The Kier molecular flexibility index (Phi) is 2.85. The first-order chi connectivity index (χ1) is 5.33. The van der Waals surface area contributed by atoms with Gasteiger partial charge in [-0.1, -0.05) is 0 Å². The van der Waals surface area contributed by atoms with E-state index in [4.69, 9.17) is 0 Å². The summed E-state index contributed by atoms with van der Waals surface area (Å²) in [6.45, 7) is 0.939. The first-order valence-electron chi connectivity index (χ1n) is 3.61. The van der Waals surface area contributed by atoms with Crippen LogP contribution < -0.4 is 11.0 Å². The number of aromatic amines is 2. The van der Waals surface area contributed by atoms with Gasteiger partial charge in [0.05, 0.1) is 0 Å². The van der Waals surface area contributed by atoms with Crippen molar-refractivity contribution < 1.29 is 0 Å². The molecule has 1 rings (SSSR count). The van der Waals surface area contributed by atoms with Crippen LogP contribution in [-0.4, -0.2) is 28.8 Å². The summed E-state index contributed by atoms with van der Waals surface area (Å²) in [5.74, 6) is 0.727. The Balaban J connectivity index is 2.33. The number of aromatic nitrogens is 3. The highest BCUT2D eigenvalue weighted by Crippen LogP contribution is 1.88. The maximum atomic E-state index is 10.5. The Morgan fingerprint density at radius 2 is 2.45 bits per heavy atom. The van der Waals surface area contributed by atoms with Gasteiger partial charge in [0.15, 0.2) is 0 Å². The summed E-state index contributed by atoms with van der Waals surface area (Å²) in [5, 5.41) is 9.10. The highest BCUT2D eigenvalue weighted by atomic mass is 16.1. The van der Waals surface area contributed by atoms with Crippen molar-refractivity contribution >= 4 is 0 Å². The molecule has 0 bridgehead atoms. The second-order valence-electron chi connectivity index (χ2n) is 2.33. The number of hydrogen-bond acceptors (Lipinski definition) is 3. The maximum absolute atomic E-state index is 10.5. The number of aryl methyl sites for hydroxylation is 1. The molecule has 0 aliphatic heterocycles. The van der Waals surface area contributed by atoms with E-state index in [1.165, 1.54) is 0 Å². The van der Waals surface area contributed by atoms with Crippen LogP contribution in [0.15, 0.2) is 4.79 Å². The number of nitrogens with zero attached hydrogens (tertiary/aromatic N) is 1. The summed E-state index contributed by atoms with van der Waals surface area (Å²) in [5.41, 5.74) is -0.232. The van der Waals surface area contributed by atoms with Gasteiger partial charge < -0.3 is 5.32 Å².